The predicted molar refractivity (Wildman–Crippen MR) is 89.0 cm³/mol. The molecule has 2 rings (SSSR count). The first-order valence-electron chi connectivity index (χ1n) is 8.08. The van der Waals surface area contributed by atoms with Gasteiger partial charge in [0.2, 0.25) is 0 Å². The van der Waals surface area contributed by atoms with E-state index in [0.717, 1.165) is 26.2 Å². The van der Waals surface area contributed by atoms with Crippen molar-refractivity contribution in [3.63, 3.8) is 0 Å². The van der Waals surface area contributed by atoms with Crippen molar-refractivity contribution in [3.05, 3.63) is 16.1 Å². The predicted octanol–water partition coefficient (Wildman–Crippen LogP) is 2.86. The standard InChI is InChI=1S/C16H29N3OS/c1-13(2)16-18-14(12-21-16)11-19-8-5-4-6-15(19)10-17-7-9-20-3/h12-13,15,17H,4-11H2,1-3H3. The smallest absolute Gasteiger partial charge is 0.0954 e. The van der Waals surface area contributed by atoms with E-state index in [-0.39, 0.29) is 0 Å². The van der Waals surface area contributed by atoms with Gasteiger partial charge in [0, 0.05) is 44.1 Å². The highest BCUT2D eigenvalue weighted by atomic mass is 32.1. The normalized spacial score (nSPS) is 20.3. The van der Waals surface area contributed by atoms with Crippen LogP contribution >= 0.6 is 11.3 Å². The molecule has 1 aromatic heterocycles. The highest BCUT2D eigenvalue weighted by molar-refractivity contribution is 7.09. The summed E-state index contributed by atoms with van der Waals surface area (Å²) in [4.78, 5) is 7.38. The van der Waals surface area contributed by atoms with E-state index in [1.807, 2.05) is 0 Å². The number of hydrogen-bond donors (Lipinski definition) is 1. The molecule has 1 aliphatic rings. The molecule has 0 bridgehead atoms. The molecule has 1 aliphatic heterocycles. The molecule has 1 aromatic rings. The summed E-state index contributed by atoms with van der Waals surface area (Å²) in [6, 6.07) is 0.639. The summed E-state index contributed by atoms with van der Waals surface area (Å²) >= 11 is 1.80. The summed E-state index contributed by atoms with van der Waals surface area (Å²) in [5.74, 6) is 0.539. The number of piperidine rings is 1. The van der Waals surface area contributed by atoms with Crippen molar-refractivity contribution in [2.24, 2.45) is 0 Å². The Hall–Kier alpha value is -0.490. The Bertz CT molecular complexity index is 408. The molecule has 1 fully saturated rings. The van der Waals surface area contributed by atoms with Gasteiger partial charge in [0.05, 0.1) is 17.3 Å². The minimum absolute atomic E-state index is 0.539. The van der Waals surface area contributed by atoms with E-state index in [4.69, 9.17) is 9.72 Å². The zero-order chi connectivity index (χ0) is 15.1. The molecule has 5 heteroatoms. The molecule has 1 atom stereocenters. The van der Waals surface area contributed by atoms with Crippen LogP contribution in [0.1, 0.15) is 49.7 Å². The molecule has 120 valence electrons. The van der Waals surface area contributed by atoms with Gasteiger partial charge in [-0.3, -0.25) is 4.90 Å². The second-order valence-corrected chi connectivity index (χ2v) is 7.04. The molecular formula is C16H29N3OS. The number of ether oxygens (including phenoxy) is 1. The number of methoxy groups -OCH3 is 1. The highest BCUT2D eigenvalue weighted by Crippen LogP contribution is 2.23. The first-order chi connectivity index (χ1) is 10.2. The Labute approximate surface area is 132 Å². The molecule has 21 heavy (non-hydrogen) atoms. The Kier molecular flexibility index (Phi) is 7.10. The first-order valence-corrected chi connectivity index (χ1v) is 8.96. The molecule has 4 nitrogen and oxygen atoms in total. The minimum atomic E-state index is 0.539. The molecule has 1 unspecified atom stereocenters. The Morgan fingerprint density at radius 1 is 1.48 bits per heavy atom. The van der Waals surface area contributed by atoms with E-state index in [1.165, 1.54) is 36.5 Å². The molecule has 0 radical (unpaired) electrons. The van der Waals surface area contributed by atoms with Crippen LogP contribution in [0.4, 0.5) is 0 Å². The molecule has 0 amide bonds. The van der Waals surface area contributed by atoms with E-state index in [1.54, 1.807) is 18.4 Å². The fourth-order valence-corrected chi connectivity index (χ4v) is 3.64. The largest absolute Gasteiger partial charge is 0.383 e. The summed E-state index contributed by atoms with van der Waals surface area (Å²) < 4.78 is 5.09. The lowest BCUT2D eigenvalue weighted by Crippen LogP contribution is -2.45. The Morgan fingerprint density at radius 3 is 3.05 bits per heavy atom. The lowest BCUT2D eigenvalue weighted by Gasteiger charge is -2.35. The average Bonchev–Trinajstić information content (AvgIpc) is 2.94. The van der Waals surface area contributed by atoms with Gasteiger partial charge in [-0.2, -0.15) is 0 Å². The lowest BCUT2D eigenvalue weighted by molar-refractivity contribution is 0.132. The molecule has 0 aliphatic carbocycles. The van der Waals surface area contributed by atoms with Crippen molar-refractivity contribution in [2.75, 3.05) is 33.4 Å². The molecule has 0 aromatic carbocycles. The third kappa shape index (κ3) is 5.33. The van der Waals surface area contributed by atoms with Crippen LogP contribution in [0, 0.1) is 0 Å². The van der Waals surface area contributed by atoms with Crippen LogP contribution in [-0.2, 0) is 11.3 Å². The summed E-state index contributed by atoms with van der Waals surface area (Å²) in [6.45, 7) is 9.42. The van der Waals surface area contributed by atoms with Crippen molar-refractivity contribution in [2.45, 2.75) is 51.6 Å². The van der Waals surface area contributed by atoms with Crippen LogP contribution in [0.2, 0.25) is 0 Å². The van der Waals surface area contributed by atoms with Crippen LogP contribution < -0.4 is 5.32 Å². The summed E-state index contributed by atoms with van der Waals surface area (Å²) in [6.07, 6.45) is 3.96. The number of aromatic nitrogens is 1. The number of nitrogens with one attached hydrogen (secondary N) is 1. The van der Waals surface area contributed by atoms with Crippen LogP contribution in [0.3, 0.4) is 0 Å². The Balaban J connectivity index is 1.85. The van der Waals surface area contributed by atoms with Crippen LogP contribution in [0.15, 0.2) is 5.38 Å². The third-order valence-electron chi connectivity index (χ3n) is 4.04. The highest BCUT2D eigenvalue weighted by Gasteiger charge is 2.22. The van der Waals surface area contributed by atoms with Gasteiger partial charge in [0.1, 0.15) is 0 Å². The van der Waals surface area contributed by atoms with Crippen molar-refractivity contribution in [1.29, 1.82) is 0 Å². The fraction of sp³-hybridized carbons (Fsp3) is 0.812. The van der Waals surface area contributed by atoms with Gasteiger partial charge in [-0.1, -0.05) is 20.3 Å². The number of likely N-dealkylation sites (tertiary alicyclic amines) is 1. The SMILES string of the molecule is COCCNCC1CCCCN1Cc1csc(C(C)C)n1. The molecule has 0 saturated carbocycles. The number of thiazole rings is 1. The van der Waals surface area contributed by atoms with E-state index < -0.39 is 0 Å². The van der Waals surface area contributed by atoms with E-state index in [0.29, 0.717) is 12.0 Å². The van der Waals surface area contributed by atoms with Crippen LogP contribution in [0.5, 0.6) is 0 Å². The van der Waals surface area contributed by atoms with Crippen molar-refractivity contribution < 1.29 is 4.74 Å². The van der Waals surface area contributed by atoms with Gasteiger partial charge in [-0.05, 0) is 19.4 Å². The van der Waals surface area contributed by atoms with Gasteiger partial charge in [0.25, 0.3) is 0 Å². The lowest BCUT2D eigenvalue weighted by atomic mass is 10.0. The van der Waals surface area contributed by atoms with Gasteiger partial charge in [-0.25, -0.2) is 4.98 Å². The maximum atomic E-state index is 5.09. The topological polar surface area (TPSA) is 37.4 Å². The number of rotatable bonds is 8. The van der Waals surface area contributed by atoms with Gasteiger partial charge >= 0.3 is 0 Å². The van der Waals surface area contributed by atoms with Gasteiger partial charge in [-0.15, -0.1) is 11.3 Å². The summed E-state index contributed by atoms with van der Waals surface area (Å²) in [5.41, 5.74) is 1.24. The quantitative estimate of drug-likeness (QED) is 0.749. The van der Waals surface area contributed by atoms with Crippen molar-refractivity contribution in [1.82, 2.24) is 15.2 Å². The molecule has 1 saturated heterocycles. The first kappa shape index (κ1) is 16.9. The Morgan fingerprint density at radius 2 is 2.33 bits per heavy atom. The van der Waals surface area contributed by atoms with E-state index in [2.05, 4.69) is 29.4 Å². The number of nitrogens with zero attached hydrogens (tertiary/aromatic N) is 2. The fourth-order valence-electron chi connectivity index (χ4n) is 2.81. The second-order valence-electron chi connectivity index (χ2n) is 6.15. The monoisotopic (exact) mass is 311 g/mol. The number of hydrogen-bond acceptors (Lipinski definition) is 5. The summed E-state index contributed by atoms with van der Waals surface area (Å²) in [7, 11) is 1.75. The maximum Gasteiger partial charge on any atom is 0.0954 e. The zero-order valence-electron chi connectivity index (χ0n) is 13.6. The van der Waals surface area contributed by atoms with Crippen molar-refractivity contribution >= 4 is 11.3 Å². The van der Waals surface area contributed by atoms with E-state index >= 15 is 0 Å². The maximum absolute atomic E-state index is 5.09. The zero-order valence-corrected chi connectivity index (χ0v) is 14.4. The van der Waals surface area contributed by atoms with Crippen molar-refractivity contribution in [3.8, 4) is 0 Å². The van der Waals surface area contributed by atoms with E-state index in [9.17, 15) is 0 Å². The van der Waals surface area contributed by atoms with Gasteiger partial charge in [0.15, 0.2) is 0 Å². The molecule has 1 N–H and O–H groups in total. The minimum Gasteiger partial charge on any atom is -0.383 e. The summed E-state index contributed by atoms with van der Waals surface area (Å²) in [5, 5.41) is 7.01. The molecule has 0 spiro atoms. The van der Waals surface area contributed by atoms with Crippen LogP contribution in [0.25, 0.3) is 0 Å². The molecular weight excluding hydrogens is 282 g/mol. The van der Waals surface area contributed by atoms with Gasteiger partial charge < -0.3 is 10.1 Å². The average molecular weight is 311 g/mol. The third-order valence-corrected chi connectivity index (χ3v) is 5.23. The second kappa shape index (κ2) is 8.83. The van der Waals surface area contributed by atoms with Crippen LogP contribution in [-0.4, -0.2) is 49.3 Å². The molecule has 2 heterocycles.